The molecule has 1 aliphatic heterocycles. The molecule has 7 nitrogen and oxygen atoms in total. The van der Waals surface area contributed by atoms with Crippen molar-refractivity contribution in [3.63, 3.8) is 0 Å². The van der Waals surface area contributed by atoms with E-state index in [1.807, 2.05) is 30.3 Å². The second-order valence-electron chi connectivity index (χ2n) is 6.05. The summed E-state index contributed by atoms with van der Waals surface area (Å²) in [7, 11) is 0. The van der Waals surface area contributed by atoms with Crippen molar-refractivity contribution in [1.29, 1.82) is 0 Å². The second-order valence-corrected chi connectivity index (χ2v) is 6.05. The van der Waals surface area contributed by atoms with E-state index in [1.165, 1.54) is 4.57 Å². The lowest BCUT2D eigenvalue weighted by Crippen LogP contribution is -2.24. The van der Waals surface area contributed by atoms with Crippen LogP contribution in [-0.2, 0) is 6.61 Å². The summed E-state index contributed by atoms with van der Waals surface area (Å²) in [5.74, 6) is -0.770. The van der Waals surface area contributed by atoms with Gasteiger partial charge in [0.2, 0.25) is 0 Å². The summed E-state index contributed by atoms with van der Waals surface area (Å²) in [4.78, 5) is 36.2. The number of amides is 2. The third-order valence-electron chi connectivity index (χ3n) is 4.28. The molecule has 0 spiro atoms. The van der Waals surface area contributed by atoms with E-state index in [2.05, 4.69) is 5.32 Å². The Hall–Kier alpha value is -3.87. The highest BCUT2D eigenvalue weighted by molar-refractivity contribution is 6.23. The molecular weight excluding hydrogens is 346 g/mol. The molecule has 2 amide bonds. The minimum atomic E-state index is -0.620. The number of benzene rings is 2. The molecule has 134 valence electrons. The Balaban J connectivity index is 1.71. The van der Waals surface area contributed by atoms with Gasteiger partial charge in [-0.3, -0.25) is 24.3 Å². The molecule has 3 N–H and O–H groups in total. The zero-order valence-electron chi connectivity index (χ0n) is 14.1. The van der Waals surface area contributed by atoms with Gasteiger partial charge in [0, 0.05) is 12.1 Å². The maximum absolute atomic E-state index is 12.5. The number of hydrogen-bond acceptors (Lipinski definition) is 5. The standard InChI is InChI=1S/C20H15N3O4/c21-18-17-15(19(25)22-20(17)26)10-16(24)23(18)13-7-4-8-14(9-13)27-11-12-5-2-1-3-6-12/h1-10H,11,21H2,(H,22,25,26). The van der Waals surface area contributed by atoms with Gasteiger partial charge in [-0.15, -0.1) is 0 Å². The lowest BCUT2D eigenvalue weighted by molar-refractivity contribution is 0.0880. The molecule has 4 rings (SSSR count). The number of anilines is 1. The lowest BCUT2D eigenvalue weighted by atomic mass is 10.1. The van der Waals surface area contributed by atoms with Crippen LogP contribution >= 0.6 is 0 Å². The summed E-state index contributed by atoms with van der Waals surface area (Å²) >= 11 is 0. The molecule has 7 heteroatoms. The first kappa shape index (κ1) is 16.6. The predicted octanol–water partition coefficient (Wildman–Crippen LogP) is 1.88. The zero-order chi connectivity index (χ0) is 19.0. The first-order valence-electron chi connectivity index (χ1n) is 8.23. The Bertz CT molecular complexity index is 1120. The Labute approximate surface area is 154 Å². The van der Waals surface area contributed by atoms with Crippen molar-refractivity contribution in [2.45, 2.75) is 6.61 Å². The minimum Gasteiger partial charge on any atom is -0.489 e. The summed E-state index contributed by atoms with van der Waals surface area (Å²) in [6.07, 6.45) is 0. The van der Waals surface area contributed by atoms with Gasteiger partial charge in [0.1, 0.15) is 18.2 Å². The van der Waals surface area contributed by atoms with Gasteiger partial charge >= 0.3 is 0 Å². The third kappa shape index (κ3) is 2.95. The number of nitrogen functional groups attached to an aromatic ring is 1. The number of hydrogen-bond donors (Lipinski definition) is 2. The summed E-state index contributed by atoms with van der Waals surface area (Å²) in [5, 5.41) is 2.14. The van der Waals surface area contributed by atoms with Gasteiger partial charge in [0.15, 0.2) is 0 Å². The van der Waals surface area contributed by atoms with Crippen LogP contribution in [-0.4, -0.2) is 16.4 Å². The first-order chi connectivity index (χ1) is 13.0. The van der Waals surface area contributed by atoms with Crippen LogP contribution in [0.1, 0.15) is 26.3 Å². The van der Waals surface area contributed by atoms with E-state index in [9.17, 15) is 14.4 Å². The van der Waals surface area contributed by atoms with Crippen LogP contribution in [0.15, 0.2) is 65.5 Å². The number of nitrogens with two attached hydrogens (primary N) is 1. The molecular formula is C20H15N3O4. The zero-order valence-corrected chi connectivity index (χ0v) is 14.1. The molecule has 0 radical (unpaired) electrons. The van der Waals surface area contributed by atoms with E-state index in [4.69, 9.17) is 10.5 Å². The Morgan fingerprint density at radius 1 is 0.926 bits per heavy atom. The summed E-state index contributed by atoms with van der Waals surface area (Å²) < 4.78 is 6.96. The van der Waals surface area contributed by atoms with E-state index in [-0.39, 0.29) is 16.9 Å². The monoisotopic (exact) mass is 361 g/mol. The van der Waals surface area contributed by atoms with Crippen LogP contribution in [0.5, 0.6) is 5.75 Å². The third-order valence-corrected chi connectivity index (χ3v) is 4.28. The maximum atomic E-state index is 12.5. The Kier molecular flexibility index (Phi) is 3.97. The number of rotatable bonds is 4. The quantitative estimate of drug-likeness (QED) is 0.691. The largest absolute Gasteiger partial charge is 0.489 e. The second kappa shape index (κ2) is 6.45. The fraction of sp³-hybridized carbons (Fsp3) is 0.0500. The molecule has 3 aromatic rings. The fourth-order valence-corrected chi connectivity index (χ4v) is 3.00. The Morgan fingerprint density at radius 3 is 2.48 bits per heavy atom. The highest BCUT2D eigenvalue weighted by Gasteiger charge is 2.31. The van der Waals surface area contributed by atoms with Crippen LogP contribution < -0.4 is 21.3 Å². The van der Waals surface area contributed by atoms with Gasteiger partial charge in [-0.2, -0.15) is 0 Å². The number of pyridine rings is 1. The average Bonchev–Trinajstić information content (AvgIpc) is 2.95. The van der Waals surface area contributed by atoms with Crippen molar-refractivity contribution >= 4 is 17.6 Å². The molecule has 0 atom stereocenters. The number of nitrogens with one attached hydrogen (secondary N) is 1. The lowest BCUT2D eigenvalue weighted by Gasteiger charge is -2.13. The number of carbonyl (C=O) groups excluding carboxylic acids is 2. The molecule has 1 aromatic heterocycles. The number of aromatic nitrogens is 1. The molecule has 0 fully saturated rings. The molecule has 0 unspecified atom stereocenters. The topological polar surface area (TPSA) is 103 Å². The molecule has 0 saturated heterocycles. The molecule has 2 heterocycles. The van der Waals surface area contributed by atoms with E-state index in [1.54, 1.807) is 24.3 Å². The van der Waals surface area contributed by atoms with E-state index >= 15 is 0 Å². The molecule has 27 heavy (non-hydrogen) atoms. The Morgan fingerprint density at radius 2 is 1.70 bits per heavy atom. The summed E-state index contributed by atoms with van der Waals surface area (Å²) in [6, 6.07) is 17.6. The van der Waals surface area contributed by atoms with Crippen molar-refractivity contribution in [3.8, 4) is 11.4 Å². The highest BCUT2D eigenvalue weighted by atomic mass is 16.5. The van der Waals surface area contributed by atoms with Crippen LogP contribution in [0.2, 0.25) is 0 Å². The van der Waals surface area contributed by atoms with Crippen LogP contribution in [0.25, 0.3) is 5.69 Å². The number of nitrogens with zero attached hydrogens (tertiary/aromatic N) is 1. The molecule has 0 bridgehead atoms. The number of ether oxygens (including phenoxy) is 1. The maximum Gasteiger partial charge on any atom is 0.262 e. The summed E-state index contributed by atoms with van der Waals surface area (Å²) in [6.45, 7) is 0.371. The van der Waals surface area contributed by atoms with E-state index in [0.29, 0.717) is 18.0 Å². The van der Waals surface area contributed by atoms with Crippen molar-refractivity contribution in [1.82, 2.24) is 9.88 Å². The van der Waals surface area contributed by atoms with Crippen molar-refractivity contribution in [2.24, 2.45) is 0 Å². The molecule has 1 aliphatic rings. The normalized spacial score (nSPS) is 12.6. The van der Waals surface area contributed by atoms with Gasteiger partial charge in [-0.05, 0) is 17.7 Å². The summed E-state index contributed by atoms with van der Waals surface area (Å²) in [5.41, 5.74) is 7.00. The highest BCUT2D eigenvalue weighted by Crippen LogP contribution is 2.24. The van der Waals surface area contributed by atoms with Crippen LogP contribution in [0.3, 0.4) is 0 Å². The van der Waals surface area contributed by atoms with E-state index < -0.39 is 17.4 Å². The van der Waals surface area contributed by atoms with Crippen molar-refractivity contribution in [3.05, 3.63) is 87.7 Å². The molecule has 2 aromatic carbocycles. The van der Waals surface area contributed by atoms with Gasteiger partial charge in [0.25, 0.3) is 17.4 Å². The van der Waals surface area contributed by atoms with Crippen LogP contribution in [0.4, 0.5) is 5.82 Å². The van der Waals surface area contributed by atoms with Gasteiger partial charge in [0.05, 0.1) is 16.8 Å². The van der Waals surface area contributed by atoms with Crippen molar-refractivity contribution < 1.29 is 14.3 Å². The molecule has 0 saturated carbocycles. The fourth-order valence-electron chi connectivity index (χ4n) is 3.00. The van der Waals surface area contributed by atoms with Gasteiger partial charge < -0.3 is 10.5 Å². The smallest absolute Gasteiger partial charge is 0.262 e. The number of fused-ring (bicyclic) bond motifs is 1. The number of carbonyl (C=O) groups is 2. The SMILES string of the molecule is Nc1c2c(cc(=O)n1-c1cccc(OCc3ccccc3)c1)C(=O)NC2=O. The van der Waals surface area contributed by atoms with Crippen LogP contribution in [0, 0.1) is 0 Å². The van der Waals surface area contributed by atoms with Gasteiger partial charge in [-0.25, -0.2) is 0 Å². The van der Waals surface area contributed by atoms with Gasteiger partial charge in [-0.1, -0.05) is 36.4 Å². The average molecular weight is 361 g/mol. The molecule has 0 aliphatic carbocycles. The predicted molar refractivity (Wildman–Crippen MR) is 99.0 cm³/mol. The van der Waals surface area contributed by atoms with Crippen molar-refractivity contribution in [2.75, 3.05) is 5.73 Å². The van der Waals surface area contributed by atoms with E-state index in [0.717, 1.165) is 11.6 Å². The minimum absolute atomic E-state index is 0.00441. The first-order valence-corrected chi connectivity index (χ1v) is 8.23. The number of imide groups is 1.